The maximum atomic E-state index is 12.4. The van der Waals surface area contributed by atoms with Gasteiger partial charge in [0.15, 0.2) is 9.84 Å². The fraction of sp³-hybridized carbons (Fsp3) is 1.00. The molecule has 0 bridgehead atoms. The molecule has 0 rings (SSSR count). The molecule has 1 N–H and O–H groups in total. The van der Waals surface area contributed by atoms with Crippen LogP contribution in [0.15, 0.2) is 0 Å². The molecule has 0 fully saturated rings. The van der Waals surface area contributed by atoms with Gasteiger partial charge in [0.05, 0.1) is 11.0 Å². The van der Waals surface area contributed by atoms with Crippen molar-refractivity contribution in [3.05, 3.63) is 0 Å². The first-order valence-corrected chi connectivity index (χ1v) is 8.64. The van der Waals surface area contributed by atoms with Gasteiger partial charge in [0.2, 0.25) is 0 Å². The highest BCUT2D eigenvalue weighted by atomic mass is 32.2. The Kier molecular flexibility index (Phi) is 6.86. The van der Waals surface area contributed by atoms with Gasteiger partial charge in [-0.3, -0.25) is 0 Å². The SMILES string of the molecule is CC(C)CCS(=O)(=O)C(CNC(C)(C)C)C(C)C. The van der Waals surface area contributed by atoms with E-state index < -0.39 is 9.84 Å². The number of hydrogen-bond donors (Lipinski definition) is 1. The van der Waals surface area contributed by atoms with Gasteiger partial charge in [0, 0.05) is 12.1 Å². The van der Waals surface area contributed by atoms with Gasteiger partial charge >= 0.3 is 0 Å². The Morgan fingerprint density at radius 2 is 1.56 bits per heavy atom. The third kappa shape index (κ3) is 7.37. The summed E-state index contributed by atoms with van der Waals surface area (Å²) in [5.74, 6) is 0.888. The Hall–Kier alpha value is -0.0900. The topological polar surface area (TPSA) is 46.2 Å². The van der Waals surface area contributed by atoms with E-state index in [2.05, 4.69) is 39.9 Å². The van der Waals surface area contributed by atoms with Crippen molar-refractivity contribution in [2.45, 2.75) is 65.7 Å². The summed E-state index contributed by atoms with van der Waals surface area (Å²) in [7, 11) is -3.00. The van der Waals surface area contributed by atoms with Crippen LogP contribution in [0.3, 0.4) is 0 Å². The van der Waals surface area contributed by atoms with Crippen molar-refractivity contribution in [1.29, 1.82) is 0 Å². The first-order valence-electron chi connectivity index (χ1n) is 6.92. The van der Waals surface area contributed by atoms with Crippen molar-refractivity contribution < 1.29 is 8.42 Å². The molecule has 0 aliphatic rings. The smallest absolute Gasteiger partial charge is 0.154 e. The van der Waals surface area contributed by atoms with E-state index in [1.807, 2.05) is 13.8 Å². The van der Waals surface area contributed by atoms with Crippen LogP contribution < -0.4 is 5.32 Å². The van der Waals surface area contributed by atoms with Gasteiger partial charge in [-0.1, -0.05) is 27.7 Å². The van der Waals surface area contributed by atoms with E-state index in [0.717, 1.165) is 6.42 Å². The lowest BCUT2D eigenvalue weighted by molar-refractivity contribution is 0.399. The summed E-state index contributed by atoms with van der Waals surface area (Å²) in [6, 6.07) is 0. The van der Waals surface area contributed by atoms with Crippen LogP contribution in [0.4, 0.5) is 0 Å². The lowest BCUT2D eigenvalue weighted by atomic mass is 10.1. The quantitative estimate of drug-likeness (QED) is 0.778. The average Bonchev–Trinajstić information content (AvgIpc) is 2.12. The lowest BCUT2D eigenvalue weighted by Gasteiger charge is -2.27. The molecule has 0 aromatic rings. The minimum absolute atomic E-state index is 0.0410. The molecule has 0 radical (unpaired) electrons. The molecule has 0 spiro atoms. The van der Waals surface area contributed by atoms with E-state index >= 15 is 0 Å². The van der Waals surface area contributed by atoms with Crippen LogP contribution in [0.1, 0.15) is 54.9 Å². The number of hydrogen-bond acceptors (Lipinski definition) is 3. The molecule has 0 aromatic carbocycles. The summed E-state index contributed by atoms with van der Waals surface area (Å²) in [6.45, 7) is 14.8. The lowest BCUT2D eigenvalue weighted by Crippen LogP contribution is -2.45. The van der Waals surface area contributed by atoms with Crippen LogP contribution in [-0.4, -0.2) is 31.5 Å². The van der Waals surface area contributed by atoms with E-state index in [1.165, 1.54) is 0 Å². The maximum Gasteiger partial charge on any atom is 0.154 e. The zero-order valence-electron chi connectivity index (χ0n) is 13.1. The van der Waals surface area contributed by atoms with E-state index in [4.69, 9.17) is 0 Å². The summed E-state index contributed by atoms with van der Waals surface area (Å²) in [4.78, 5) is 0. The van der Waals surface area contributed by atoms with Crippen LogP contribution in [0, 0.1) is 11.8 Å². The molecule has 0 aliphatic carbocycles. The van der Waals surface area contributed by atoms with Crippen molar-refractivity contribution in [3.8, 4) is 0 Å². The number of sulfone groups is 1. The third-order valence-electron chi connectivity index (χ3n) is 3.02. The van der Waals surface area contributed by atoms with Crippen LogP contribution in [0.25, 0.3) is 0 Å². The fourth-order valence-electron chi connectivity index (χ4n) is 1.74. The molecule has 18 heavy (non-hydrogen) atoms. The molecule has 4 heteroatoms. The van der Waals surface area contributed by atoms with Gasteiger partial charge in [-0.05, 0) is 39.0 Å². The summed E-state index contributed by atoms with van der Waals surface area (Å²) in [5, 5.41) is 3.04. The molecular weight excluding hydrogens is 246 g/mol. The predicted molar refractivity (Wildman–Crippen MR) is 79.6 cm³/mol. The monoisotopic (exact) mass is 277 g/mol. The normalized spacial score (nSPS) is 15.4. The molecule has 0 amide bonds. The van der Waals surface area contributed by atoms with Gasteiger partial charge < -0.3 is 5.32 Å². The van der Waals surface area contributed by atoms with Gasteiger partial charge in [0.25, 0.3) is 0 Å². The second-order valence-corrected chi connectivity index (χ2v) is 9.30. The summed E-state index contributed by atoms with van der Waals surface area (Å²) in [5.41, 5.74) is -0.0410. The van der Waals surface area contributed by atoms with Crippen LogP contribution in [0.2, 0.25) is 0 Å². The maximum absolute atomic E-state index is 12.4. The van der Waals surface area contributed by atoms with Gasteiger partial charge in [-0.25, -0.2) is 8.42 Å². The Morgan fingerprint density at radius 3 is 1.89 bits per heavy atom. The molecule has 0 heterocycles. The Bertz CT molecular complexity index is 326. The highest BCUT2D eigenvalue weighted by Gasteiger charge is 2.29. The molecule has 1 atom stereocenters. The zero-order chi connectivity index (χ0) is 14.6. The molecule has 3 nitrogen and oxygen atoms in total. The molecule has 110 valence electrons. The average molecular weight is 277 g/mol. The second-order valence-electron chi connectivity index (χ2n) is 6.96. The molecule has 1 unspecified atom stereocenters. The standard InChI is InChI=1S/C14H31NO2S/c1-11(2)8-9-18(16,17)13(12(3)4)10-15-14(5,6)7/h11-13,15H,8-10H2,1-7H3. The fourth-order valence-corrected chi connectivity index (χ4v) is 4.00. The minimum atomic E-state index is -3.00. The summed E-state index contributed by atoms with van der Waals surface area (Å²) < 4.78 is 24.7. The Labute approximate surface area is 114 Å². The van der Waals surface area contributed by atoms with E-state index in [-0.39, 0.29) is 16.7 Å². The summed E-state index contributed by atoms with van der Waals surface area (Å²) >= 11 is 0. The van der Waals surface area contributed by atoms with Crippen molar-refractivity contribution in [3.63, 3.8) is 0 Å². The Morgan fingerprint density at radius 1 is 1.06 bits per heavy atom. The molecular formula is C14H31NO2S. The Balaban J connectivity index is 4.68. The molecule has 0 aliphatic heterocycles. The van der Waals surface area contributed by atoms with Gasteiger partial charge in [-0.2, -0.15) is 0 Å². The van der Waals surface area contributed by atoms with Crippen molar-refractivity contribution in [1.82, 2.24) is 5.32 Å². The van der Waals surface area contributed by atoms with Gasteiger partial charge in [-0.15, -0.1) is 0 Å². The van der Waals surface area contributed by atoms with Crippen molar-refractivity contribution in [2.24, 2.45) is 11.8 Å². The highest BCUT2D eigenvalue weighted by molar-refractivity contribution is 7.92. The van der Waals surface area contributed by atoms with E-state index in [0.29, 0.717) is 18.2 Å². The first kappa shape index (κ1) is 17.9. The van der Waals surface area contributed by atoms with Crippen LogP contribution >= 0.6 is 0 Å². The van der Waals surface area contributed by atoms with Crippen molar-refractivity contribution >= 4 is 9.84 Å². The zero-order valence-corrected chi connectivity index (χ0v) is 13.9. The van der Waals surface area contributed by atoms with Gasteiger partial charge in [0.1, 0.15) is 0 Å². The molecule has 0 saturated heterocycles. The molecule has 0 saturated carbocycles. The first-order chi connectivity index (χ1) is 7.96. The van der Waals surface area contributed by atoms with E-state index in [1.54, 1.807) is 0 Å². The number of rotatable bonds is 7. The van der Waals surface area contributed by atoms with Crippen LogP contribution in [0.5, 0.6) is 0 Å². The number of nitrogens with one attached hydrogen (secondary N) is 1. The van der Waals surface area contributed by atoms with E-state index in [9.17, 15) is 8.42 Å². The summed E-state index contributed by atoms with van der Waals surface area (Å²) in [6.07, 6.45) is 0.751. The molecule has 0 aromatic heterocycles. The largest absolute Gasteiger partial charge is 0.311 e. The minimum Gasteiger partial charge on any atom is -0.311 e. The van der Waals surface area contributed by atoms with Crippen LogP contribution in [-0.2, 0) is 9.84 Å². The second kappa shape index (κ2) is 6.90. The van der Waals surface area contributed by atoms with Crippen molar-refractivity contribution in [2.75, 3.05) is 12.3 Å². The third-order valence-corrected chi connectivity index (χ3v) is 5.46. The highest BCUT2D eigenvalue weighted by Crippen LogP contribution is 2.16. The predicted octanol–water partition coefficient (Wildman–Crippen LogP) is 2.86.